The Morgan fingerprint density at radius 3 is 2.35 bits per heavy atom. The van der Waals surface area contributed by atoms with Crippen LogP contribution in [0.3, 0.4) is 0 Å². The molecule has 3 rings (SSSR count). The third-order valence-corrected chi connectivity index (χ3v) is 5.57. The lowest BCUT2D eigenvalue weighted by molar-refractivity contribution is -0.132. The maximum Gasteiger partial charge on any atom is 0.253 e. The Bertz CT molecular complexity index is 975. The lowest BCUT2D eigenvalue weighted by Gasteiger charge is -2.36. The molecule has 0 aliphatic carbocycles. The minimum Gasteiger partial charge on any atom is -0.368 e. The molecule has 31 heavy (non-hydrogen) atoms. The molecule has 1 saturated heterocycles. The monoisotopic (exact) mass is 462 g/mol. The SMILES string of the molecule is Cc1cccc(N2CCN(C(=O)CNC(=O)CNC(=O)c3ccc(Cl)cc3Cl)CC2)c1. The van der Waals surface area contributed by atoms with E-state index in [1.807, 2.05) is 6.07 Å². The first-order chi connectivity index (χ1) is 14.8. The predicted octanol–water partition coefficient (Wildman–Crippen LogP) is 2.50. The molecule has 0 unspecified atom stereocenters. The predicted molar refractivity (Wildman–Crippen MR) is 122 cm³/mol. The highest BCUT2D eigenvalue weighted by Crippen LogP contribution is 2.21. The Morgan fingerprint density at radius 2 is 1.68 bits per heavy atom. The van der Waals surface area contributed by atoms with Crippen molar-refractivity contribution in [3.63, 3.8) is 0 Å². The average molecular weight is 463 g/mol. The maximum atomic E-state index is 12.4. The fourth-order valence-electron chi connectivity index (χ4n) is 3.32. The summed E-state index contributed by atoms with van der Waals surface area (Å²) in [6.07, 6.45) is 0. The van der Waals surface area contributed by atoms with Crippen LogP contribution < -0.4 is 15.5 Å². The Labute approximate surface area is 191 Å². The molecule has 0 saturated carbocycles. The molecule has 0 atom stereocenters. The number of amides is 3. The van der Waals surface area contributed by atoms with Crippen LogP contribution in [-0.2, 0) is 9.59 Å². The molecule has 7 nitrogen and oxygen atoms in total. The van der Waals surface area contributed by atoms with Gasteiger partial charge in [-0.25, -0.2) is 0 Å². The van der Waals surface area contributed by atoms with Crippen LogP contribution in [-0.4, -0.2) is 61.9 Å². The number of nitrogens with zero attached hydrogens (tertiary/aromatic N) is 2. The molecule has 1 heterocycles. The summed E-state index contributed by atoms with van der Waals surface area (Å²) in [4.78, 5) is 40.5. The first kappa shape index (κ1) is 22.9. The molecule has 1 aliphatic rings. The standard InChI is InChI=1S/C22H24Cl2N4O3/c1-15-3-2-4-17(11-15)27-7-9-28(10-8-27)21(30)14-25-20(29)13-26-22(31)18-6-5-16(23)12-19(18)24/h2-6,11-12H,7-10,13-14H2,1H3,(H,25,29)(H,26,31). The van der Waals surface area contributed by atoms with Gasteiger partial charge in [0, 0.05) is 36.9 Å². The molecular formula is C22H24Cl2N4O3. The summed E-state index contributed by atoms with van der Waals surface area (Å²) >= 11 is 11.8. The Balaban J connectivity index is 1.39. The van der Waals surface area contributed by atoms with Crippen molar-refractivity contribution in [2.24, 2.45) is 0 Å². The van der Waals surface area contributed by atoms with Gasteiger partial charge in [-0.15, -0.1) is 0 Å². The zero-order valence-corrected chi connectivity index (χ0v) is 18.7. The fraction of sp³-hybridized carbons (Fsp3) is 0.318. The number of carbonyl (C=O) groups is 3. The van der Waals surface area contributed by atoms with Crippen LogP contribution in [0.5, 0.6) is 0 Å². The van der Waals surface area contributed by atoms with Gasteiger partial charge in [0.15, 0.2) is 0 Å². The highest BCUT2D eigenvalue weighted by molar-refractivity contribution is 6.36. The van der Waals surface area contributed by atoms with Crippen molar-refractivity contribution < 1.29 is 14.4 Å². The number of rotatable bonds is 6. The minimum absolute atomic E-state index is 0.110. The molecule has 2 N–H and O–H groups in total. The molecule has 3 amide bonds. The van der Waals surface area contributed by atoms with E-state index in [4.69, 9.17) is 23.2 Å². The zero-order chi connectivity index (χ0) is 22.4. The van der Waals surface area contributed by atoms with Gasteiger partial charge >= 0.3 is 0 Å². The molecule has 1 aliphatic heterocycles. The zero-order valence-electron chi connectivity index (χ0n) is 17.2. The van der Waals surface area contributed by atoms with Gasteiger partial charge in [0.05, 0.1) is 23.7 Å². The van der Waals surface area contributed by atoms with Gasteiger partial charge in [0.2, 0.25) is 11.8 Å². The van der Waals surface area contributed by atoms with Crippen molar-refractivity contribution in [2.75, 3.05) is 44.2 Å². The number of halogens is 2. The first-order valence-corrected chi connectivity index (χ1v) is 10.7. The van der Waals surface area contributed by atoms with Gasteiger partial charge in [-0.3, -0.25) is 14.4 Å². The van der Waals surface area contributed by atoms with Gasteiger partial charge in [-0.2, -0.15) is 0 Å². The number of nitrogens with one attached hydrogen (secondary N) is 2. The number of anilines is 1. The number of piperazine rings is 1. The highest BCUT2D eigenvalue weighted by Gasteiger charge is 2.21. The van der Waals surface area contributed by atoms with E-state index in [2.05, 4.69) is 40.7 Å². The third-order valence-electron chi connectivity index (χ3n) is 5.02. The van der Waals surface area contributed by atoms with Crippen LogP contribution in [0.2, 0.25) is 10.0 Å². The van der Waals surface area contributed by atoms with E-state index in [-0.39, 0.29) is 29.6 Å². The van der Waals surface area contributed by atoms with Gasteiger partial charge in [0.1, 0.15) is 0 Å². The van der Waals surface area contributed by atoms with E-state index < -0.39 is 11.8 Å². The molecule has 0 radical (unpaired) electrons. The van der Waals surface area contributed by atoms with E-state index in [0.717, 1.165) is 18.8 Å². The van der Waals surface area contributed by atoms with Crippen LogP contribution in [0.1, 0.15) is 15.9 Å². The minimum atomic E-state index is -0.490. The second-order valence-electron chi connectivity index (χ2n) is 7.29. The third kappa shape index (κ3) is 6.35. The molecule has 0 bridgehead atoms. The number of hydrogen-bond acceptors (Lipinski definition) is 4. The van der Waals surface area contributed by atoms with Crippen LogP contribution >= 0.6 is 23.2 Å². The summed E-state index contributed by atoms with van der Waals surface area (Å²) in [5, 5.41) is 5.64. The van der Waals surface area contributed by atoms with E-state index in [0.29, 0.717) is 18.1 Å². The average Bonchev–Trinajstić information content (AvgIpc) is 2.76. The highest BCUT2D eigenvalue weighted by atomic mass is 35.5. The van der Waals surface area contributed by atoms with Crippen LogP contribution in [0, 0.1) is 6.92 Å². The molecule has 2 aromatic carbocycles. The number of hydrogen-bond donors (Lipinski definition) is 2. The summed E-state index contributed by atoms with van der Waals surface area (Å²) in [7, 11) is 0. The van der Waals surface area contributed by atoms with Crippen molar-refractivity contribution in [3.8, 4) is 0 Å². The fourth-order valence-corrected chi connectivity index (χ4v) is 3.81. The van der Waals surface area contributed by atoms with E-state index in [9.17, 15) is 14.4 Å². The number of benzene rings is 2. The maximum absolute atomic E-state index is 12.4. The normalized spacial score (nSPS) is 13.6. The van der Waals surface area contributed by atoms with Crippen molar-refractivity contribution in [1.82, 2.24) is 15.5 Å². The quantitative estimate of drug-likeness (QED) is 0.690. The number of carbonyl (C=O) groups excluding carboxylic acids is 3. The molecule has 0 aromatic heterocycles. The Morgan fingerprint density at radius 1 is 0.935 bits per heavy atom. The summed E-state index contributed by atoms with van der Waals surface area (Å²) < 4.78 is 0. The summed E-state index contributed by atoms with van der Waals surface area (Å²) in [5.41, 5.74) is 2.57. The summed E-state index contributed by atoms with van der Waals surface area (Å²) in [6, 6.07) is 12.8. The van der Waals surface area contributed by atoms with E-state index in [1.165, 1.54) is 17.7 Å². The van der Waals surface area contributed by atoms with Crippen molar-refractivity contribution in [2.45, 2.75) is 6.92 Å². The van der Waals surface area contributed by atoms with Crippen LogP contribution in [0.4, 0.5) is 5.69 Å². The van der Waals surface area contributed by atoms with Gasteiger partial charge in [-0.05, 0) is 42.8 Å². The van der Waals surface area contributed by atoms with Gasteiger partial charge in [0.25, 0.3) is 5.91 Å². The molecule has 0 spiro atoms. The summed E-state index contributed by atoms with van der Waals surface area (Å²) in [5.74, 6) is -1.09. The first-order valence-electron chi connectivity index (χ1n) is 9.93. The Hall–Kier alpha value is -2.77. The second-order valence-corrected chi connectivity index (χ2v) is 8.13. The van der Waals surface area contributed by atoms with Crippen LogP contribution in [0.15, 0.2) is 42.5 Å². The molecule has 1 fully saturated rings. The largest absolute Gasteiger partial charge is 0.368 e. The number of aryl methyl sites for hydroxylation is 1. The summed E-state index contributed by atoms with van der Waals surface area (Å²) in [6.45, 7) is 4.34. The van der Waals surface area contributed by atoms with E-state index >= 15 is 0 Å². The lowest BCUT2D eigenvalue weighted by Crippen LogP contribution is -2.51. The second kappa shape index (κ2) is 10.5. The molecule has 164 valence electrons. The molecule has 9 heteroatoms. The van der Waals surface area contributed by atoms with E-state index in [1.54, 1.807) is 11.0 Å². The smallest absolute Gasteiger partial charge is 0.253 e. The topological polar surface area (TPSA) is 81.8 Å². The Kier molecular flexibility index (Phi) is 7.76. The molecular weight excluding hydrogens is 439 g/mol. The molecule has 2 aromatic rings. The van der Waals surface area contributed by atoms with Gasteiger partial charge < -0.3 is 20.4 Å². The van der Waals surface area contributed by atoms with Gasteiger partial charge in [-0.1, -0.05) is 35.3 Å². The van der Waals surface area contributed by atoms with Crippen LogP contribution in [0.25, 0.3) is 0 Å². The lowest BCUT2D eigenvalue weighted by atomic mass is 10.2. The van der Waals surface area contributed by atoms with Crippen molar-refractivity contribution >= 4 is 46.6 Å². The van der Waals surface area contributed by atoms with Crippen molar-refractivity contribution in [3.05, 3.63) is 63.6 Å². The van der Waals surface area contributed by atoms with Crippen molar-refractivity contribution in [1.29, 1.82) is 0 Å².